The molecule has 0 atom stereocenters. The van der Waals surface area contributed by atoms with Crippen molar-refractivity contribution in [3.8, 4) is 5.75 Å². The lowest BCUT2D eigenvalue weighted by Crippen LogP contribution is -2.43. The Labute approximate surface area is 160 Å². The number of ether oxygens (including phenoxy) is 1. The van der Waals surface area contributed by atoms with E-state index in [-0.39, 0.29) is 11.8 Å². The molecule has 5 heteroatoms. The molecule has 142 valence electrons. The van der Waals surface area contributed by atoms with Gasteiger partial charge in [-0.05, 0) is 49.4 Å². The van der Waals surface area contributed by atoms with Gasteiger partial charge in [-0.25, -0.2) is 0 Å². The van der Waals surface area contributed by atoms with Crippen molar-refractivity contribution in [1.29, 1.82) is 0 Å². The lowest BCUT2D eigenvalue weighted by atomic mass is 10.0. The third kappa shape index (κ3) is 4.67. The summed E-state index contributed by atoms with van der Waals surface area (Å²) in [6.07, 6.45) is 1.92. The number of aryl methyl sites for hydroxylation is 1. The first-order chi connectivity index (χ1) is 13.0. The maximum atomic E-state index is 12.6. The zero-order valence-corrected chi connectivity index (χ0v) is 15.9. The Morgan fingerprint density at radius 3 is 2.41 bits per heavy atom. The van der Waals surface area contributed by atoms with Crippen molar-refractivity contribution in [2.24, 2.45) is 5.41 Å². The minimum Gasteiger partial charge on any atom is -0.497 e. The Bertz CT molecular complexity index is 828. The van der Waals surface area contributed by atoms with Gasteiger partial charge in [0, 0.05) is 13.1 Å². The van der Waals surface area contributed by atoms with Crippen molar-refractivity contribution in [2.45, 2.75) is 32.7 Å². The third-order valence-electron chi connectivity index (χ3n) is 4.99. The number of benzene rings is 2. The van der Waals surface area contributed by atoms with Crippen LogP contribution in [-0.2, 0) is 22.6 Å². The standard InChI is InChI=1S/C22H26N2O3/c1-16-5-3-7-18(13-16)15-24-21(26)22(10-11-22)20(25)23-12-9-17-6-4-8-19(14-17)27-2/h3-8,13-14H,9-12,15H2,1-2H3,(H,23,25)(H,24,26). The highest BCUT2D eigenvalue weighted by Crippen LogP contribution is 2.46. The van der Waals surface area contributed by atoms with Crippen LogP contribution in [0.25, 0.3) is 0 Å². The Kier molecular flexibility index (Phi) is 5.79. The van der Waals surface area contributed by atoms with Crippen molar-refractivity contribution < 1.29 is 14.3 Å². The van der Waals surface area contributed by atoms with E-state index >= 15 is 0 Å². The first kappa shape index (κ1) is 19.0. The molecule has 0 heterocycles. The van der Waals surface area contributed by atoms with Gasteiger partial charge in [-0.3, -0.25) is 9.59 Å². The summed E-state index contributed by atoms with van der Waals surface area (Å²) in [5, 5.41) is 5.84. The number of hydrogen-bond donors (Lipinski definition) is 2. The maximum Gasteiger partial charge on any atom is 0.235 e. The number of rotatable bonds is 8. The summed E-state index contributed by atoms with van der Waals surface area (Å²) in [4.78, 5) is 25.1. The predicted molar refractivity (Wildman–Crippen MR) is 104 cm³/mol. The van der Waals surface area contributed by atoms with Crippen molar-refractivity contribution in [2.75, 3.05) is 13.7 Å². The largest absolute Gasteiger partial charge is 0.497 e. The van der Waals surface area contributed by atoms with Crippen molar-refractivity contribution in [1.82, 2.24) is 10.6 Å². The van der Waals surface area contributed by atoms with E-state index in [2.05, 4.69) is 10.6 Å². The number of carbonyl (C=O) groups excluding carboxylic acids is 2. The van der Waals surface area contributed by atoms with Gasteiger partial charge in [-0.1, -0.05) is 42.0 Å². The summed E-state index contributed by atoms with van der Waals surface area (Å²) >= 11 is 0. The fourth-order valence-electron chi connectivity index (χ4n) is 3.17. The second-order valence-corrected chi connectivity index (χ2v) is 7.11. The molecular weight excluding hydrogens is 340 g/mol. The molecule has 1 saturated carbocycles. The Hall–Kier alpha value is -2.82. The van der Waals surface area contributed by atoms with Crippen LogP contribution in [-0.4, -0.2) is 25.5 Å². The van der Waals surface area contributed by atoms with E-state index in [4.69, 9.17) is 4.74 Å². The minimum atomic E-state index is -0.891. The maximum absolute atomic E-state index is 12.6. The molecule has 2 aromatic carbocycles. The van der Waals surface area contributed by atoms with Gasteiger partial charge < -0.3 is 15.4 Å². The van der Waals surface area contributed by atoms with Gasteiger partial charge in [0.25, 0.3) is 0 Å². The molecule has 2 N–H and O–H groups in total. The lowest BCUT2D eigenvalue weighted by Gasteiger charge is -2.16. The smallest absolute Gasteiger partial charge is 0.235 e. The highest BCUT2D eigenvalue weighted by atomic mass is 16.5. The topological polar surface area (TPSA) is 67.4 Å². The first-order valence-corrected chi connectivity index (χ1v) is 9.28. The number of hydrogen-bond acceptors (Lipinski definition) is 3. The zero-order valence-electron chi connectivity index (χ0n) is 15.9. The van der Waals surface area contributed by atoms with E-state index < -0.39 is 5.41 Å². The second kappa shape index (κ2) is 8.25. The Balaban J connectivity index is 1.49. The Morgan fingerprint density at radius 2 is 1.70 bits per heavy atom. The second-order valence-electron chi connectivity index (χ2n) is 7.11. The van der Waals surface area contributed by atoms with E-state index in [0.29, 0.717) is 32.4 Å². The number of amides is 2. The van der Waals surface area contributed by atoms with Crippen LogP contribution in [0.5, 0.6) is 5.75 Å². The summed E-state index contributed by atoms with van der Waals surface area (Å²) in [6.45, 7) is 2.96. The molecule has 0 bridgehead atoms. The summed E-state index contributed by atoms with van der Waals surface area (Å²) in [5.74, 6) is 0.447. The molecule has 0 saturated heterocycles. The van der Waals surface area contributed by atoms with Gasteiger partial charge in [-0.15, -0.1) is 0 Å². The molecule has 0 unspecified atom stereocenters. The summed E-state index contributed by atoms with van der Waals surface area (Å²) in [5.41, 5.74) is 2.39. The number of nitrogens with one attached hydrogen (secondary N) is 2. The van der Waals surface area contributed by atoms with Crippen molar-refractivity contribution in [3.05, 3.63) is 65.2 Å². The van der Waals surface area contributed by atoms with Crippen molar-refractivity contribution >= 4 is 11.8 Å². The predicted octanol–water partition coefficient (Wildman–Crippen LogP) is 2.76. The zero-order chi connectivity index (χ0) is 19.3. The SMILES string of the molecule is COc1cccc(CCNC(=O)C2(C(=O)NCc3cccc(C)c3)CC2)c1. The summed E-state index contributed by atoms with van der Waals surface area (Å²) in [7, 11) is 1.63. The van der Waals surface area contributed by atoms with Gasteiger partial charge in [0.15, 0.2) is 0 Å². The van der Waals surface area contributed by atoms with Gasteiger partial charge in [0.05, 0.1) is 7.11 Å². The highest BCUT2D eigenvalue weighted by Gasteiger charge is 2.56. The molecule has 3 rings (SSSR count). The van der Waals surface area contributed by atoms with Gasteiger partial charge in [0.2, 0.25) is 11.8 Å². The monoisotopic (exact) mass is 366 g/mol. The molecule has 0 aliphatic heterocycles. The average molecular weight is 366 g/mol. The van der Waals surface area contributed by atoms with Crippen LogP contribution in [0.2, 0.25) is 0 Å². The molecule has 5 nitrogen and oxygen atoms in total. The van der Waals surface area contributed by atoms with E-state index in [1.54, 1.807) is 7.11 Å². The normalized spacial score (nSPS) is 14.3. The quantitative estimate of drug-likeness (QED) is 0.706. The molecule has 27 heavy (non-hydrogen) atoms. The van der Waals surface area contributed by atoms with Gasteiger partial charge >= 0.3 is 0 Å². The highest BCUT2D eigenvalue weighted by molar-refractivity contribution is 6.07. The number of methoxy groups -OCH3 is 1. The molecule has 0 spiro atoms. The van der Waals surface area contributed by atoms with Crippen LogP contribution in [0.1, 0.15) is 29.5 Å². The molecule has 1 fully saturated rings. The minimum absolute atomic E-state index is 0.174. The first-order valence-electron chi connectivity index (χ1n) is 9.28. The molecule has 2 aromatic rings. The van der Waals surface area contributed by atoms with Crippen LogP contribution < -0.4 is 15.4 Å². The van der Waals surface area contributed by atoms with Crippen LogP contribution >= 0.6 is 0 Å². The van der Waals surface area contributed by atoms with Gasteiger partial charge in [0.1, 0.15) is 11.2 Å². The fraction of sp³-hybridized carbons (Fsp3) is 0.364. The van der Waals surface area contributed by atoms with Gasteiger partial charge in [-0.2, -0.15) is 0 Å². The third-order valence-corrected chi connectivity index (χ3v) is 4.99. The molecule has 0 aromatic heterocycles. The molecular formula is C22H26N2O3. The molecule has 0 radical (unpaired) electrons. The van der Waals surface area contributed by atoms with E-state index in [9.17, 15) is 9.59 Å². The summed E-state index contributed by atoms with van der Waals surface area (Å²) in [6, 6.07) is 15.8. The van der Waals surface area contributed by atoms with Crippen molar-refractivity contribution in [3.63, 3.8) is 0 Å². The van der Waals surface area contributed by atoms with Crippen LogP contribution in [0.15, 0.2) is 48.5 Å². The molecule has 2 amide bonds. The average Bonchev–Trinajstić information content (AvgIpc) is 3.48. The van der Waals surface area contributed by atoms with Crippen LogP contribution in [0.3, 0.4) is 0 Å². The summed E-state index contributed by atoms with van der Waals surface area (Å²) < 4.78 is 5.21. The Morgan fingerprint density at radius 1 is 1.00 bits per heavy atom. The van der Waals surface area contributed by atoms with Crippen LogP contribution in [0, 0.1) is 12.3 Å². The van der Waals surface area contributed by atoms with E-state index in [1.165, 1.54) is 0 Å². The van der Waals surface area contributed by atoms with E-state index in [0.717, 1.165) is 22.4 Å². The van der Waals surface area contributed by atoms with E-state index in [1.807, 2.05) is 55.5 Å². The van der Waals surface area contributed by atoms with Crippen LogP contribution in [0.4, 0.5) is 0 Å². The lowest BCUT2D eigenvalue weighted by molar-refractivity contribution is -0.137. The number of carbonyl (C=O) groups is 2. The fourth-order valence-corrected chi connectivity index (χ4v) is 3.17. The molecule has 1 aliphatic carbocycles. The molecule has 1 aliphatic rings.